The average Bonchev–Trinajstić information content (AvgIpc) is 3.21. The molecule has 0 aliphatic carbocycles. The van der Waals surface area contributed by atoms with Crippen molar-refractivity contribution in [2.24, 2.45) is 7.05 Å². The zero-order valence-corrected chi connectivity index (χ0v) is 15.8. The van der Waals surface area contributed by atoms with Gasteiger partial charge in [-0.2, -0.15) is 10.2 Å². The van der Waals surface area contributed by atoms with Gasteiger partial charge >= 0.3 is 5.69 Å². The number of hydrogen-bond acceptors (Lipinski definition) is 7. The minimum Gasteiger partial charge on any atom is -0.378 e. The molecule has 0 aromatic carbocycles. The van der Waals surface area contributed by atoms with Crippen LogP contribution in [0, 0.1) is 17.0 Å². The molecule has 1 N–H and O–H groups in total. The molecule has 3 rings (SSSR count). The summed E-state index contributed by atoms with van der Waals surface area (Å²) in [5, 5.41) is 22.0. The van der Waals surface area contributed by atoms with Gasteiger partial charge < -0.3 is 15.0 Å². The highest BCUT2D eigenvalue weighted by atomic mass is 16.6. The van der Waals surface area contributed by atoms with Crippen LogP contribution >= 0.6 is 0 Å². The van der Waals surface area contributed by atoms with Crippen LogP contribution in [0.25, 0.3) is 0 Å². The Hall–Kier alpha value is -3.28. The predicted octanol–water partition coefficient (Wildman–Crippen LogP) is 0.578. The normalized spacial score (nSPS) is 14.2. The summed E-state index contributed by atoms with van der Waals surface area (Å²) < 4.78 is 7.90. The zero-order chi connectivity index (χ0) is 20.4. The highest BCUT2D eigenvalue weighted by Gasteiger charge is 2.31. The maximum atomic E-state index is 13.0. The number of aromatic nitrogens is 4. The minimum atomic E-state index is -0.735. The van der Waals surface area contributed by atoms with Gasteiger partial charge in [0.1, 0.15) is 11.4 Å². The third kappa shape index (κ3) is 3.45. The van der Waals surface area contributed by atoms with E-state index in [1.807, 2.05) is 6.92 Å². The molecule has 0 spiro atoms. The molecule has 1 saturated heterocycles. The van der Waals surface area contributed by atoms with Gasteiger partial charge in [0.05, 0.1) is 30.0 Å². The van der Waals surface area contributed by atoms with Gasteiger partial charge in [0, 0.05) is 26.7 Å². The number of rotatable bonds is 5. The van der Waals surface area contributed by atoms with Crippen molar-refractivity contribution in [3.8, 4) is 0 Å². The molecule has 3 heterocycles. The molecule has 1 fully saturated rings. The zero-order valence-electron chi connectivity index (χ0n) is 15.8. The number of aryl methyl sites for hydroxylation is 3. The second kappa shape index (κ2) is 7.76. The van der Waals surface area contributed by atoms with Crippen molar-refractivity contribution in [2.45, 2.75) is 20.4 Å². The summed E-state index contributed by atoms with van der Waals surface area (Å²) >= 11 is 0. The van der Waals surface area contributed by atoms with Crippen molar-refractivity contribution in [2.75, 3.05) is 31.6 Å². The summed E-state index contributed by atoms with van der Waals surface area (Å²) in [5.74, 6) is -1.02. The van der Waals surface area contributed by atoms with Crippen molar-refractivity contribution in [3.63, 3.8) is 0 Å². The molecule has 28 heavy (non-hydrogen) atoms. The number of carbonyl (C=O) groups is 2. The molecule has 2 amide bonds. The highest BCUT2D eigenvalue weighted by Crippen LogP contribution is 2.25. The van der Waals surface area contributed by atoms with Gasteiger partial charge in [-0.1, -0.05) is 0 Å². The highest BCUT2D eigenvalue weighted by molar-refractivity contribution is 6.09. The topological polar surface area (TPSA) is 137 Å². The van der Waals surface area contributed by atoms with Crippen LogP contribution in [0.1, 0.15) is 33.6 Å². The molecule has 150 valence electrons. The molecular formula is C16H21N7O5. The number of carbonyl (C=O) groups excluding carboxylic acids is 2. The first-order valence-electron chi connectivity index (χ1n) is 8.77. The van der Waals surface area contributed by atoms with Crippen molar-refractivity contribution in [1.82, 2.24) is 24.5 Å². The molecule has 12 nitrogen and oxygen atoms in total. The second-order valence-electron chi connectivity index (χ2n) is 6.24. The Labute approximate surface area is 160 Å². The SMILES string of the molecule is CCn1ncc(NC(=O)c2c([N+](=O)[O-])c(C)nn2C)c1C(=O)N1CCOCC1. The number of nitrogens with one attached hydrogen (secondary N) is 1. The summed E-state index contributed by atoms with van der Waals surface area (Å²) in [5.41, 5.74) is -0.0252. The van der Waals surface area contributed by atoms with Crippen LogP contribution in [0.2, 0.25) is 0 Å². The van der Waals surface area contributed by atoms with E-state index in [0.29, 0.717) is 32.8 Å². The Morgan fingerprint density at radius 3 is 2.61 bits per heavy atom. The summed E-state index contributed by atoms with van der Waals surface area (Å²) in [6.07, 6.45) is 1.37. The molecule has 1 aliphatic rings. The fourth-order valence-corrected chi connectivity index (χ4v) is 3.16. The monoisotopic (exact) mass is 391 g/mol. The summed E-state index contributed by atoms with van der Waals surface area (Å²) in [4.78, 5) is 38.0. The number of anilines is 1. The third-order valence-electron chi connectivity index (χ3n) is 4.48. The largest absolute Gasteiger partial charge is 0.378 e. The van der Waals surface area contributed by atoms with E-state index >= 15 is 0 Å². The van der Waals surface area contributed by atoms with Gasteiger partial charge in [-0.3, -0.25) is 29.1 Å². The van der Waals surface area contributed by atoms with E-state index in [0.717, 1.165) is 4.68 Å². The molecule has 1 aliphatic heterocycles. The first-order chi connectivity index (χ1) is 13.3. The summed E-state index contributed by atoms with van der Waals surface area (Å²) in [6.45, 7) is 5.46. The van der Waals surface area contributed by atoms with E-state index < -0.39 is 10.8 Å². The molecule has 2 aromatic heterocycles. The Balaban J connectivity index is 1.93. The van der Waals surface area contributed by atoms with Gasteiger partial charge in [0.2, 0.25) is 5.69 Å². The number of morpholine rings is 1. The quantitative estimate of drug-likeness (QED) is 0.581. The van der Waals surface area contributed by atoms with E-state index in [-0.39, 0.29) is 34.4 Å². The number of nitro groups is 1. The maximum Gasteiger partial charge on any atom is 0.322 e. The van der Waals surface area contributed by atoms with Gasteiger partial charge in [-0.05, 0) is 13.8 Å². The Kier molecular flexibility index (Phi) is 5.40. The fourth-order valence-electron chi connectivity index (χ4n) is 3.16. The van der Waals surface area contributed by atoms with Crippen LogP contribution in [0.4, 0.5) is 11.4 Å². The van der Waals surface area contributed by atoms with Gasteiger partial charge in [0.15, 0.2) is 0 Å². The molecule has 2 aromatic rings. The summed E-state index contributed by atoms with van der Waals surface area (Å²) in [6, 6.07) is 0. The predicted molar refractivity (Wildman–Crippen MR) is 97.2 cm³/mol. The first-order valence-corrected chi connectivity index (χ1v) is 8.77. The molecule has 0 atom stereocenters. The standard InChI is InChI=1S/C16H21N7O5/c1-4-22-13(16(25)21-5-7-28-8-6-21)11(9-17-22)18-15(24)14-12(23(26)27)10(2)19-20(14)3/h9H,4-8H2,1-3H3,(H,18,24). The molecule has 0 saturated carbocycles. The Bertz CT molecular complexity index is 926. The van der Waals surface area contributed by atoms with Crippen LogP contribution in [0.5, 0.6) is 0 Å². The minimum absolute atomic E-state index is 0.131. The van der Waals surface area contributed by atoms with Crippen LogP contribution in [0.15, 0.2) is 6.20 Å². The third-order valence-corrected chi connectivity index (χ3v) is 4.48. The molecule has 12 heteroatoms. The summed E-state index contributed by atoms with van der Waals surface area (Å²) in [7, 11) is 1.45. The van der Waals surface area contributed by atoms with E-state index in [9.17, 15) is 19.7 Å². The van der Waals surface area contributed by atoms with Gasteiger partial charge in [0.25, 0.3) is 11.8 Å². The fraction of sp³-hybridized carbons (Fsp3) is 0.500. The number of hydrogen-bond donors (Lipinski definition) is 1. The number of nitrogens with zero attached hydrogens (tertiary/aromatic N) is 6. The Morgan fingerprint density at radius 2 is 2.00 bits per heavy atom. The first kappa shape index (κ1) is 19.5. The van der Waals surface area contributed by atoms with E-state index in [1.54, 1.807) is 4.90 Å². The maximum absolute atomic E-state index is 13.0. The lowest BCUT2D eigenvalue weighted by Gasteiger charge is -2.27. The number of ether oxygens (including phenoxy) is 1. The lowest BCUT2D eigenvalue weighted by molar-refractivity contribution is -0.385. The van der Waals surface area contributed by atoms with Crippen molar-refractivity contribution in [3.05, 3.63) is 33.4 Å². The number of amides is 2. The van der Waals surface area contributed by atoms with E-state index in [1.165, 1.54) is 24.9 Å². The van der Waals surface area contributed by atoms with Crippen molar-refractivity contribution < 1.29 is 19.2 Å². The Morgan fingerprint density at radius 1 is 1.32 bits per heavy atom. The van der Waals surface area contributed by atoms with Crippen LogP contribution in [-0.2, 0) is 18.3 Å². The van der Waals surface area contributed by atoms with E-state index in [2.05, 4.69) is 15.5 Å². The van der Waals surface area contributed by atoms with Crippen molar-refractivity contribution in [1.29, 1.82) is 0 Å². The van der Waals surface area contributed by atoms with Crippen LogP contribution in [0.3, 0.4) is 0 Å². The molecular weight excluding hydrogens is 370 g/mol. The molecule has 0 bridgehead atoms. The molecule has 0 unspecified atom stereocenters. The second-order valence-corrected chi connectivity index (χ2v) is 6.24. The van der Waals surface area contributed by atoms with E-state index in [4.69, 9.17) is 4.74 Å². The van der Waals surface area contributed by atoms with Crippen LogP contribution in [-0.4, -0.2) is 67.5 Å². The van der Waals surface area contributed by atoms with Crippen molar-refractivity contribution >= 4 is 23.2 Å². The van der Waals surface area contributed by atoms with Crippen LogP contribution < -0.4 is 5.32 Å². The van der Waals surface area contributed by atoms with Gasteiger partial charge in [-0.15, -0.1) is 0 Å². The lowest BCUT2D eigenvalue weighted by Crippen LogP contribution is -2.41. The van der Waals surface area contributed by atoms with Gasteiger partial charge in [-0.25, -0.2) is 0 Å². The molecule has 0 radical (unpaired) electrons. The average molecular weight is 391 g/mol. The lowest BCUT2D eigenvalue weighted by atomic mass is 10.2. The smallest absolute Gasteiger partial charge is 0.322 e.